The molecule has 2 N–H and O–H groups in total. The lowest BCUT2D eigenvalue weighted by Gasteiger charge is -2.15. The molecule has 0 aliphatic rings. The molecule has 0 bridgehead atoms. The first-order valence-electron chi connectivity index (χ1n) is 6.24. The zero-order chi connectivity index (χ0) is 14.3. The van der Waals surface area contributed by atoms with Crippen molar-refractivity contribution in [1.82, 2.24) is 5.32 Å². The number of aliphatic hydroxyl groups is 1. The van der Waals surface area contributed by atoms with E-state index in [1.54, 1.807) is 24.3 Å². The van der Waals surface area contributed by atoms with Gasteiger partial charge in [-0.05, 0) is 38.1 Å². The largest absolute Gasteiger partial charge is 0.491 e. The lowest BCUT2D eigenvalue weighted by Crippen LogP contribution is -2.40. The summed E-state index contributed by atoms with van der Waals surface area (Å²) in [5.74, 6) is 0.481. The molecular weight excluding hydrogens is 246 g/mol. The van der Waals surface area contributed by atoms with Gasteiger partial charge >= 0.3 is 0 Å². The number of carbonyl (C=O) groups is 1. The molecule has 5 heteroatoms. The Labute approximate surface area is 113 Å². The number of rotatable bonds is 7. The Hall–Kier alpha value is -1.59. The van der Waals surface area contributed by atoms with E-state index in [-0.39, 0.29) is 25.2 Å². The summed E-state index contributed by atoms with van der Waals surface area (Å²) < 4.78 is 10.4. The summed E-state index contributed by atoms with van der Waals surface area (Å²) in [7, 11) is 1.52. The van der Waals surface area contributed by atoms with Crippen LogP contribution < -0.4 is 10.1 Å². The van der Waals surface area contributed by atoms with Gasteiger partial charge in [-0.25, -0.2) is 0 Å². The fourth-order valence-corrected chi connectivity index (χ4v) is 1.57. The SMILES string of the molecule is COCC(CO)NC(=O)c1ccc(OC(C)C)cc1. The van der Waals surface area contributed by atoms with E-state index in [1.165, 1.54) is 7.11 Å². The normalized spacial score (nSPS) is 12.3. The summed E-state index contributed by atoms with van der Waals surface area (Å²) in [6.07, 6.45) is 0.0974. The number of hydrogen-bond donors (Lipinski definition) is 2. The van der Waals surface area contributed by atoms with E-state index < -0.39 is 6.04 Å². The molecule has 0 aliphatic carbocycles. The molecule has 0 saturated carbocycles. The Bertz CT molecular complexity index is 389. The molecule has 106 valence electrons. The van der Waals surface area contributed by atoms with Crippen molar-refractivity contribution in [2.75, 3.05) is 20.3 Å². The summed E-state index contributed by atoms with van der Waals surface area (Å²) in [4.78, 5) is 11.9. The van der Waals surface area contributed by atoms with Crippen LogP contribution in [0, 0.1) is 0 Å². The number of carbonyl (C=O) groups excluding carboxylic acids is 1. The smallest absolute Gasteiger partial charge is 0.251 e. The summed E-state index contributed by atoms with van der Waals surface area (Å²) in [6, 6.07) is 6.48. The number of ether oxygens (including phenoxy) is 2. The molecule has 0 heterocycles. The van der Waals surface area contributed by atoms with Crippen molar-refractivity contribution in [2.24, 2.45) is 0 Å². The van der Waals surface area contributed by atoms with E-state index in [0.29, 0.717) is 5.56 Å². The van der Waals surface area contributed by atoms with Gasteiger partial charge < -0.3 is 19.9 Å². The van der Waals surface area contributed by atoms with Gasteiger partial charge in [-0.3, -0.25) is 4.79 Å². The van der Waals surface area contributed by atoms with Gasteiger partial charge in [-0.1, -0.05) is 0 Å². The van der Waals surface area contributed by atoms with Crippen LogP contribution in [0.4, 0.5) is 0 Å². The zero-order valence-corrected chi connectivity index (χ0v) is 11.6. The first kappa shape index (κ1) is 15.5. The third kappa shape index (κ3) is 5.28. The van der Waals surface area contributed by atoms with Gasteiger partial charge in [0.2, 0.25) is 0 Å². The van der Waals surface area contributed by atoms with Crippen molar-refractivity contribution in [2.45, 2.75) is 26.0 Å². The molecule has 5 nitrogen and oxygen atoms in total. The monoisotopic (exact) mass is 267 g/mol. The number of methoxy groups -OCH3 is 1. The molecule has 1 amide bonds. The second kappa shape index (κ2) is 7.76. The van der Waals surface area contributed by atoms with Gasteiger partial charge in [0, 0.05) is 12.7 Å². The average molecular weight is 267 g/mol. The third-order valence-electron chi connectivity index (χ3n) is 2.41. The fourth-order valence-electron chi connectivity index (χ4n) is 1.57. The number of nitrogens with one attached hydrogen (secondary N) is 1. The van der Waals surface area contributed by atoms with Gasteiger partial charge in [-0.2, -0.15) is 0 Å². The minimum Gasteiger partial charge on any atom is -0.491 e. The number of hydrogen-bond acceptors (Lipinski definition) is 4. The van der Waals surface area contributed by atoms with Gasteiger partial charge in [0.05, 0.1) is 25.4 Å². The van der Waals surface area contributed by atoms with Crippen LogP contribution >= 0.6 is 0 Å². The van der Waals surface area contributed by atoms with Crippen LogP contribution in [-0.4, -0.2) is 43.5 Å². The van der Waals surface area contributed by atoms with Crippen LogP contribution in [0.5, 0.6) is 5.75 Å². The molecule has 19 heavy (non-hydrogen) atoms. The first-order valence-corrected chi connectivity index (χ1v) is 6.24. The highest BCUT2D eigenvalue weighted by molar-refractivity contribution is 5.94. The van der Waals surface area contributed by atoms with Gasteiger partial charge in [-0.15, -0.1) is 0 Å². The predicted octanol–water partition coefficient (Wildman–Crippen LogP) is 1.21. The molecule has 0 aliphatic heterocycles. The highest BCUT2D eigenvalue weighted by Gasteiger charge is 2.12. The van der Waals surface area contributed by atoms with E-state index in [9.17, 15) is 4.79 Å². The summed E-state index contributed by atoms with van der Waals surface area (Å²) >= 11 is 0. The minimum atomic E-state index is -0.399. The quantitative estimate of drug-likeness (QED) is 0.779. The minimum absolute atomic E-state index is 0.0974. The van der Waals surface area contributed by atoms with Crippen LogP contribution in [0.1, 0.15) is 24.2 Å². The summed E-state index contributed by atoms with van der Waals surface area (Å²) in [6.45, 7) is 4.00. The van der Waals surface area contributed by atoms with Gasteiger partial charge in [0.1, 0.15) is 5.75 Å². The van der Waals surface area contributed by atoms with Gasteiger partial charge in [0.25, 0.3) is 5.91 Å². The molecule has 0 aromatic heterocycles. The van der Waals surface area contributed by atoms with Crippen LogP contribution in [-0.2, 0) is 4.74 Å². The van der Waals surface area contributed by atoms with Crippen molar-refractivity contribution in [3.63, 3.8) is 0 Å². The number of benzene rings is 1. The Balaban J connectivity index is 2.62. The molecule has 1 aromatic rings. The molecule has 0 fully saturated rings. The van der Waals surface area contributed by atoms with E-state index in [0.717, 1.165) is 5.75 Å². The number of aliphatic hydroxyl groups excluding tert-OH is 1. The maximum Gasteiger partial charge on any atom is 0.251 e. The Kier molecular flexibility index (Phi) is 6.32. The third-order valence-corrected chi connectivity index (χ3v) is 2.41. The molecule has 0 radical (unpaired) electrons. The van der Waals surface area contributed by atoms with Crippen molar-refractivity contribution >= 4 is 5.91 Å². The van der Waals surface area contributed by atoms with Crippen LogP contribution in [0.2, 0.25) is 0 Å². The summed E-state index contributed by atoms with van der Waals surface area (Å²) in [5, 5.41) is 11.8. The topological polar surface area (TPSA) is 67.8 Å². The maximum atomic E-state index is 11.9. The van der Waals surface area contributed by atoms with Crippen LogP contribution in [0.3, 0.4) is 0 Å². The standard InChI is InChI=1S/C14H21NO4/c1-10(2)19-13-6-4-11(5-7-13)14(17)15-12(8-16)9-18-3/h4-7,10,12,16H,8-9H2,1-3H3,(H,15,17). The van der Waals surface area contributed by atoms with E-state index in [1.807, 2.05) is 13.8 Å². The maximum absolute atomic E-state index is 11.9. The molecule has 1 rings (SSSR count). The number of amides is 1. The molecule has 0 spiro atoms. The highest BCUT2D eigenvalue weighted by atomic mass is 16.5. The Morgan fingerprint density at radius 3 is 2.42 bits per heavy atom. The second-order valence-corrected chi connectivity index (χ2v) is 4.50. The second-order valence-electron chi connectivity index (χ2n) is 4.50. The highest BCUT2D eigenvalue weighted by Crippen LogP contribution is 2.13. The van der Waals surface area contributed by atoms with Crippen molar-refractivity contribution < 1.29 is 19.4 Å². The summed E-state index contributed by atoms with van der Waals surface area (Å²) in [5.41, 5.74) is 0.519. The zero-order valence-electron chi connectivity index (χ0n) is 11.6. The van der Waals surface area contributed by atoms with Crippen molar-refractivity contribution in [3.8, 4) is 5.75 Å². The van der Waals surface area contributed by atoms with E-state index in [2.05, 4.69) is 5.32 Å². The molecular formula is C14H21NO4. The average Bonchev–Trinajstić information content (AvgIpc) is 2.38. The van der Waals surface area contributed by atoms with Crippen LogP contribution in [0.25, 0.3) is 0 Å². The Morgan fingerprint density at radius 2 is 1.95 bits per heavy atom. The van der Waals surface area contributed by atoms with Crippen LogP contribution in [0.15, 0.2) is 24.3 Å². The molecule has 1 atom stereocenters. The molecule has 1 aromatic carbocycles. The van der Waals surface area contributed by atoms with Gasteiger partial charge in [0.15, 0.2) is 0 Å². The van der Waals surface area contributed by atoms with Crippen molar-refractivity contribution in [1.29, 1.82) is 0 Å². The van der Waals surface area contributed by atoms with E-state index in [4.69, 9.17) is 14.6 Å². The lowest BCUT2D eigenvalue weighted by molar-refractivity contribution is 0.0839. The Morgan fingerprint density at radius 1 is 1.32 bits per heavy atom. The van der Waals surface area contributed by atoms with E-state index >= 15 is 0 Å². The van der Waals surface area contributed by atoms with Crippen molar-refractivity contribution in [3.05, 3.63) is 29.8 Å². The predicted molar refractivity (Wildman–Crippen MR) is 72.4 cm³/mol. The molecule has 1 unspecified atom stereocenters. The lowest BCUT2D eigenvalue weighted by atomic mass is 10.2. The first-order chi connectivity index (χ1) is 9.06. The molecule has 0 saturated heterocycles. The fraction of sp³-hybridized carbons (Fsp3) is 0.500.